The van der Waals surface area contributed by atoms with E-state index in [1.807, 2.05) is 31.2 Å². The second-order valence-corrected chi connectivity index (χ2v) is 10.2. The normalized spacial score (nSPS) is 16.2. The van der Waals surface area contributed by atoms with Crippen molar-refractivity contribution in [2.24, 2.45) is 0 Å². The van der Waals surface area contributed by atoms with Gasteiger partial charge in [-0.1, -0.05) is 13.8 Å². The lowest BCUT2D eigenvalue weighted by Gasteiger charge is -2.23. The van der Waals surface area contributed by atoms with Gasteiger partial charge in [0.1, 0.15) is 6.23 Å². The highest BCUT2D eigenvalue weighted by Crippen LogP contribution is 2.40. The number of benzene rings is 2. The van der Waals surface area contributed by atoms with Crippen LogP contribution >= 0.6 is 0 Å². The Morgan fingerprint density at radius 2 is 1.74 bits per heavy atom. The fourth-order valence-electron chi connectivity index (χ4n) is 5.31. The zero-order chi connectivity index (χ0) is 26.8. The average molecular weight is 520 g/mol. The van der Waals surface area contributed by atoms with E-state index in [2.05, 4.69) is 51.0 Å². The van der Waals surface area contributed by atoms with E-state index in [1.165, 1.54) is 5.56 Å². The number of nitrogens with one attached hydrogen (secondary N) is 1. The lowest BCUT2D eigenvalue weighted by atomic mass is 9.95. The Morgan fingerprint density at radius 3 is 2.47 bits per heavy atom. The van der Waals surface area contributed by atoms with Gasteiger partial charge in [0.25, 0.3) is 0 Å². The number of fused-ring (bicyclic) bond motifs is 1. The third-order valence-corrected chi connectivity index (χ3v) is 7.31. The largest absolute Gasteiger partial charge is 0.493 e. The monoisotopic (exact) mass is 519 g/mol. The molecule has 1 atom stereocenters. The summed E-state index contributed by atoms with van der Waals surface area (Å²) in [5.41, 5.74) is 5.27. The highest BCUT2D eigenvalue weighted by Gasteiger charge is 2.21. The first-order valence-corrected chi connectivity index (χ1v) is 13.2. The molecule has 1 aliphatic heterocycles. The summed E-state index contributed by atoms with van der Waals surface area (Å²) in [5, 5.41) is 19.7. The third-order valence-electron chi connectivity index (χ3n) is 7.31. The minimum absolute atomic E-state index is 0.282. The number of ether oxygens (including phenoxy) is 2. The second-order valence-electron chi connectivity index (χ2n) is 10.2. The topological polar surface area (TPSA) is 99.9 Å². The van der Waals surface area contributed by atoms with Crippen molar-refractivity contribution in [2.75, 3.05) is 40.4 Å². The van der Waals surface area contributed by atoms with Crippen LogP contribution in [-0.4, -0.2) is 76.7 Å². The molecule has 1 saturated heterocycles. The van der Waals surface area contributed by atoms with Gasteiger partial charge in [0.2, 0.25) is 11.8 Å². The van der Waals surface area contributed by atoms with Crippen LogP contribution in [0.5, 0.6) is 11.5 Å². The minimum Gasteiger partial charge on any atom is -0.493 e. The summed E-state index contributed by atoms with van der Waals surface area (Å²) in [7, 11) is 3.29. The molecule has 9 heteroatoms. The Morgan fingerprint density at radius 1 is 0.947 bits per heavy atom. The molecule has 1 fully saturated rings. The number of aromatic amines is 1. The molecular weight excluding hydrogens is 482 g/mol. The van der Waals surface area contributed by atoms with Gasteiger partial charge >= 0.3 is 0 Å². The van der Waals surface area contributed by atoms with Gasteiger partial charge in [-0.2, -0.15) is 0 Å². The van der Waals surface area contributed by atoms with E-state index in [9.17, 15) is 5.11 Å². The summed E-state index contributed by atoms with van der Waals surface area (Å²) >= 11 is 0. The number of hydrogen-bond donors (Lipinski definition) is 2. The number of rotatable bonds is 8. The molecule has 2 N–H and O–H groups in total. The predicted octanol–water partition coefficient (Wildman–Crippen LogP) is 4.87. The van der Waals surface area contributed by atoms with Gasteiger partial charge in [-0.05, 0) is 67.8 Å². The molecule has 4 aromatic rings. The van der Waals surface area contributed by atoms with Crippen LogP contribution in [0.4, 0.5) is 0 Å². The van der Waals surface area contributed by atoms with Gasteiger partial charge < -0.3 is 24.0 Å². The van der Waals surface area contributed by atoms with Crippen molar-refractivity contribution in [3.8, 4) is 34.2 Å². The van der Waals surface area contributed by atoms with Gasteiger partial charge in [0.15, 0.2) is 11.5 Å². The summed E-state index contributed by atoms with van der Waals surface area (Å²) in [4.78, 5) is 8.01. The minimum atomic E-state index is -0.420. The van der Waals surface area contributed by atoms with Crippen LogP contribution in [0.2, 0.25) is 0 Å². The molecule has 0 amide bonds. The van der Waals surface area contributed by atoms with Gasteiger partial charge in [-0.25, -0.2) is 0 Å². The molecule has 0 aliphatic carbocycles. The van der Waals surface area contributed by atoms with Crippen molar-refractivity contribution in [1.82, 2.24) is 25.0 Å². The molecule has 3 heterocycles. The first-order valence-electron chi connectivity index (χ1n) is 13.2. The number of aromatic nitrogens is 3. The standard InChI is InChI=1S/C29H37N5O4/c1-18(2)27-22-15-21(7-9-23(22)30-28(27)20-8-10-24(36-4)25(16-20)37-5)29-32-31-26(38-29)17-33-11-6-12-34(14-13-33)19(3)35/h7-10,15-16,18-19,30,35H,6,11-14,17H2,1-5H3. The van der Waals surface area contributed by atoms with E-state index in [1.54, 1.807) is 14.2 Å². The quantitative estimate of drug-likeness (QED) is 0.340. The molecule has 1 unspecified atom stereocenters. The van der Waals surface area contributed by atoms with Gasteiger partial charge in [-0.3, -0.25) is 9.80 Å². The third kappa shape index (κ3) is 5.27. The van der Waals surface area contributed by atoms with E-state index in [4.69, 9.17) is 13.9 Å². The van der Waals surface area contributed by atoms with Crippen LogP contribution in [0.15, 0.2) is 40.8 Å². The Bertz CT molecular complexity index is 1390. The van der Waals surface area contributed by atoms with E-state index < -0.39 is 6.23 Å². The fourth-order valence-corrected chi connectivity index (χ4v) is 5.31. The van der Waals surface area contributed by atoms with Crippen LogP contribution in [0, 0.1) is 0 Å². The maximum Gasteiger partial charge on any atom is 0.247 e. The van der Waals surface area contributed by atoms with E-state index in [0.29, 0.717) is 29.8 Å². The number of nitrogens with zero attached hydrogens (tertiary/aromatic N) is 4. The maximum absolute atomic E-state index is 9.90. The molecule has 0 radical (unpaired) electrons. The number of H-pyrrole nitrogens is 1. The van der Waals surface area contributed by atoms with Crippen LogP contribution in [0.25, 0.3) is 33.6 Å². The molecule has 2 aromatic heterocycles. The molecule has 2 aromatic carbocycles. The predicted molar refractivity (Wildman–Crippen MR) is 147 cm³/mol. The smallest absolute Gasteiger partial charge is 0.247 e. The molecule has 38 heavy (non-hydrogen) atoms. The highest BCUT2D eigenvalue weighted by atomic mass is 16.5. The first kappa shape index (κ1) is 26.2. The van der Waals surface area contributed by atoms with Crippen LogP contribution in [0.3, 0.4) is 0 Å². The second kappa shape index (κ2) is 11.1. The van der Waals surface area contributed by atoms with Crippen molar-refractivity contribution in [2.45, 2.75) is 45.9 Å². The molecule has 5 rings (SSSR count). The lowest BCUT2D eigenvalue weighted by Crippen LogP contribution is -2.36. The molecule has 9 nitrogen and oxygen atoms in total. The summed E-state index contributed by atoms with van der Waals surface area (Å²) in [6, 6.07) is 12.2. The van der Waals surface area contributed by atoms with Crippen molar-refractivity contribution in [3.63, 3.8) is 0 Å². The van der Waals surface area contributed by atoms with Gasteiger partial charge in [-0.15, -0.1) is 10.2 Å². The number of aliphatic hydroxyl groups is 1. The average Bonchev–Trinajstić information content (AvgIpc) is 3.46. The highest BCUT2D eigenvalue weighted by molar-refractivity contribution is 5.94. The van der Waals surface area contributed by atoms with E-state index in [-0.39, 0.29) is 5.92 Å². The molecule has 0 bridgehead atoms. The number of aliphatic hydroxyl groups excluding tert-OH is 1. The fraction of sp³-hybridized carbons (Fsp3) is 0.448. The van der Waals surface area contributed by atoms with Crippen molar-refractivity contribution < 1.29 is 19.0 Å². The zero-order valence-electron chi connectivity index (χ0n) is 22.8. The Hall–Kier alpha value is -3.40. The summed E-state index contributed by atoms with van der Waals surface area (Å²) < 4.78 is 17.1. The molecule has 202 valence electrons. The Labute approximate surface area is 223 Å². The van der Waals surface area contributed by atoms with E-state index >= 15 is 0 Å². The van der Waals surface area contributed by atoms with E-state index in [0.717, 1.165) is 60.3 Å². The molecule has 0 spiro atoms. The summed E-state index contributed by atoms with van der Waals surface area (Å²) in [5.74, 6) is 2.80. The zero-order valence-corrected chi connectivity index (χ0v) is 22.8. The molecular formula is C29H37N5O4. The number of hydrogen-bond acceptors (Lipinski definition) is 8. The number of methoxy groups -OCH3 is 2. The Kier molecular flexibility index (Phi) is 7.69. The summed E-state index contributed by atoms with van der Waals surface area (Å²) in [6.45, 7) is 10.3. The van der Waals surface area contributed by atoms with Crippen molar-refractivity contribution >= 4 is 10.9 Å². The molecule has 0 saturated carbocycles. The van der Waals surface area contributed by atoms with Crippen LogP contribution in [-0.2, 0) is 6.54 Å². The van der Waals surface area contributed by atoms with Gasteiger partial charge in [0, 0.05) is 41.7 Å². The van der Waals surface area contributed by atoms with Gasteiger partial charge in [0.05, 0.1) is 26.5 Å². The maximum atomic E-state index is 9.90. The SMILES string of the molecule is COc1ccc(-c2[nH]c3ccc(-c4nnc(CN5CCCN(C(C)O)CC5)o4)cc3c2C(C)C)cc1OC. The lowest BCUT2D eigenvalue weighted by molar-refractivity contribution is 0.0214. The molecule has 1 aliphatic rings. The van der Waals surface area contributed by atoms with Crippen molar-refractivity contribution in [3.05, 3.63) is 47.9 Å². The van der Waals surface area contributed by atoms with Crippen LogP contribution < -0.4 is 9.47 Å². The first-order chi connectivity index (χ1) is 18.4. The Balaban J connectivity index is 1.42. The van der Waals surface area contributed by atoms with Crippen molar-refractivity contribution in [1.29, 1.82) is 0 Å². The summed E-state index contributed by atoms with van der Waals surface area (Å²) in [6.07, 6.45) is 0.576. The van der Waals surface area contributed by atoms with Crippen LogP contribution in [0.1, 0.15) is 44.6 Å².